The van der Waals surface area contributed by atoms with Crippen LogP contribution < -0.4 is 16.4 Å². The number of rotatable bonds is 7. The number of aromatic amines is 1. The Kier molecular flexibility index (Phi) is 4.64. The first-order valence-corrected chi connectivity index (χ1v) is 9.05. The van der Waals surface area contributed by atoms with Gasteiger partial charge >= 0.3 is 0 Å². The van der Waals surface area contributed by atoms with E-state index in [1.165, 1.54) is 25.0 Å². The number of nitrogen functional groups attached to an aromatic ring is 1. The summed E-state index contributed by atoms with van der Waals surface area (Å²) in [5.74, 6) is 1.80. The quantitative estimate of drug-likeness (QED) is 0.314. The van der Waals surface area contributed by atoms with Crippen molar-refractivity contribution in [1.82, 2.24) is 20.2 Å². The summed E-state index contributed by atoms with van der Waals surface area (Å²) < 4.78 is 13.8. The predicted molar refractivity (Wildman–Crippen MR) is 107 cm³/mol. The van der Waals surface area contributed by atoms with Gasteiger partial charge in [0.2, 0.25) is 5.95 Å². The Labute approximate surface area is 161 Å². The molecule has 4 rings (SSSR count). The maximum atomic E-state index is 13.8. The third-order valence-corrected chi connectivity index (χ3v) is 4.69. The Bertz CT molecular complexity index is 1010. The van der Waals surface area contributed by atoms with Crippen molar-refractivity contribution < 1.29 is 4.39 Å². The summed E-state index contributed by atoms with van der Waals surface area (Å²) in [4.78, 5) is 8.65. The predicted octanol–water partition coefficient (Wildman–Crippen LogP) is 3.71. The molecule has 1 aromatic carbocycles. The molecule has 6 N–H and O–H groups in total. The van der Waals surface area contributed by atoms with Crippen molar-refractivity contribution in [2.45, 2.75) is 31.7 Å². The number of hydrogen-bond donors (Lipinski definition) is 5. The standard InChI is InChI=1S/C19H21FN8/c1-10(13-6-12(20)7-15(22)14(13)9-21)24-19-23-5-4-17(26-19)25-18-8-16(27-28-18)11-2-3-11/h4-11,21H,2-3,22H2,1H3,(H3,23,24,25,26,27,28). The van der Waals surface area contributed by atoms with Crippen LogP contribution in [0.2, 0.25) is 0 Å². The van der Waals surface area contributed by atoms with Gasteiger partial charge in [-0.3, -0.25) is 5.10 Å². The van der Waals surface area contributed by atoms with Crippen LogP contribution in [0.25, 0.3) is 0 Å². The molecule has 1 unspecified atom stereocenters. The third kappa shape index (κ3) is 3.78. The number of benzene rings is 1. The molecule has 2 aromatic heterocycles. The van der Waals surface area contributed by atoms with Crippen LogP contribution in [0.1, 0.15) is 48.5 Å². The average Bonchev–Trinajstić information content (AvgIpc) is 3.41. The minimum atomic E-state index is -0.451. The maximum Gasteiger partial charge on any atom is 0.225 e. The molecule has 1 aliphatic rings. The van der Waals surface area contributed by atoms with Crippen molar-refractivity contribution in [3.8, 4) is 0 Å². The second kappa shape index (κ2) is 7.26. The fourth-order valence-corrected chi connectivity index (χ4v) is 3.09. The van der Waals surface area contributed by atoms with Gasteiger partial charge < -0.3 is 21.8 Å². The molecule has 1 fully saturated rings. The van der Waals surface area contributed by atoms with Gasteiger partial charge in [-0.2, -0.15) is 10.1 Å². The SMILES string of the molecule is CC(Nc1nccc(Nc2cc(C3CC3)[nH]n2)n1)c1cc(F)cc(N)c1C=N. The first kappa shape index (κ1) is 17.9. The number of anilines is 4. The Morgan fingerprint density at radius 2 is 2.14 bits per heavy atom. The molecular weight excluding hydrogens is 359 g/mol. The minimum absolute atomic E-state index is 0.222. The number of halogens is 1. The van der Waals surface area contributed by atoms with Crippen LogP contribution in [-0.4, -0.2) is 26.4 Å². The van der Waals surface area contributed by atoms with E-state index >= 15 is 0 Å². The molecule has 1 aliphatic carbocycles. The Hall–Kier alpha value is -3.49. The number of H-pyrrole nitrogens is 1. The average molecular weight is 380 g/mol. The van der Waals surface area contributed by atoms with E-state index in [-0.39, 0.29) is 11.7 Å². The zero-order chi connectivity index (χ0) is 19.7. The number of nitrogens with one attached hydrogen (secondary N) is 4. The van der Waals surface area contributed by atoms with E-state index in [0.29, 0.717) is 34.6 Å². The largest absolute Gasteiger partial charge is 0.398 e. The van der Waals surface area contributed by atoms with E-state index in [0.717, 1.165) is 11.9 Å². The molecule has 0 aliphatic heterocycles. The normalized spacial score (nSPS) is 14.5. The van der Waals surface area contributed by atoms with Gasteiger partial charge in [0.05, 0.1) is 6.04 Å². The lowest BCUT2D eigenvalue weighted by Gasteiger charge is -2.18. The second-order valence-electron chi connectivity index (χ2n) is 6.88. The van der Waals surface area contributed by atoms with Gasteiger partial charge in [-0.05, 0) is 43.5 Å². The van der Waals surface area contributed by atoms with Crippen LogP contribution in [0.15, 0.2) is 30.5 Å². The highest BCUT2D eigenvalue weighted by Crippen LogP contribution is 2.39. The molecule has 8 nitrogen and oxygen atoms in total. The molecule has 144 valence electrons. The number of nitrogens with zero attached hydrogens (tertiary/aromatic N) is 3. The van der Waals surface area contributed by atoms with Crippen LogP contribution in [0.4, 0.5) is 27.7 Å². The van der Waals surface area contributed by atoms with Crippen LogP contribution in [0.5, 0.6) is 0 Å². The van der Waals surface area contributed by atoms with Crippen molar-refractivity contribution in [3.05, 3.63) is 53.1 Å². The molecule has 2 heterocycles. The molecule has 0 bridgehead atoms. The number of nitrogens with two attached hydrogens (primary N) is 1. The van der Waals surface area contributed by atoms with Crippen molar-refractivity contribution in [2.24, 2.45) is 0 Å². The highest BCUT2D eigenvalue weighted by Gasteiger charge is 2.25. The molecule has 0 spiro atoms. The number of hydrogen-bond acceptors (Lipinski definition) is 7. The number of aromatic nitrogens is 4. The Balaban J connectivity index is 1.50. The molecule has 0 saturated heterocycles. The van der Waals surface area contributed by atoms with E-state index in [4.69, 9.17) is 11.1 Å². The maximum absolute atomic E-state index is 13.8. The molecule has 1 atom stereocenters. The van der Waals surface area contributed by atoms with E-state index < -0.39 is 5.82 Å². The van der Waals surface area contributed by atoms with Gasteiger partial charge in [-0.1, -0.05) is 0 Å². The smallest absolute Gasteiger partial charge is 0.225 e. The fraction of sp³-hybridized carbons (Fsp3) is 0.263. The van der Waals surface area contributed by atoms with Crippen LogP contribution >= 0.6 is 0 Å². The van der Waals surface area contributed by atoms with Gasteiger partial charge in [-0.15, -0.1) is 0 Å². The summed E-state index contributed by atoms with van der Waals surface area (Å²) in [6.45, 7) is 1.83. The Morgan fingerprint density at radius 3 is 2.89 bits per heavy atom. The van der Waals surface area contributed by atoms with Crippen LogP contribution in [0.3, 0.4) is 0 Å². The summed E-state index contributed by atoms with van der Waals surface area (Å²) in [6, 6.07) is 5.94. The van der Waals surface area contributed by atoms with E-state index in [1.807, 2.05) is 13.0 Å². The highest BCUT2D eigenvalue weighted by molar-refractivity contribution is 5.87. The fourth-order valence-electron chi connectivity index (χ4n) is 3.09. The molecule has 3 aromatic rings. The molecule has 1 saturated carbocycles. The molecule has 28 heavy (non-hydrogen) atoms. The summed E-state index contributed by atoms with van der Waals surface area (Å²) in [5.41, 5.74) is 8.22. The summed E-state index contributed by atoms with van der Waals surface area (Å²) in [6.07, 6.45) is 5.14. The summed E-state index contributed by atoms with van der Waals surface area (Å²) in [5, 5.41) is 21.1. The van der Waals surface area contributed by atoms with Crippen molar-refractivity contribution in [2.75, 3.05) is 16.4 Å². The summed E-state index contributed by atoms with van der Waals surface area (Å²) in [7, 11) is 0. The molecule has 0 radical (unpaired) electrons. The lowest BCUT2D eigenvalue weighted by molar-refractivity contribution is 0.624. The highest BCUT2D eigenvalue weighted by atomic mass is 19.1. The van der Waals surface area contributed by atoms with Crippen LogP contribution in [-0.2, 0) is 0 Å². The minimum Gasteiger partial charge on any atom is -0.398 e. The van der Waals surface area contributed by atoms with E-state index in [2.05, 4.69) is 30.8 Å². The summed E-state index contributed by atoms with van der Waals surface area (Å²) >= 11 is 0. The van der Waals surface area contributed by atoms with Gasteiger partial charge in [0.15, 0.2) is 5.82 Å². The Morgan fingerprint density at radius 1 is 1.32 bits per heavy atom. The zero-order valence-corrected chi connectivity index (χ0v) is 15.3. The van der Waals surface area contributed by atoms with Crippen molar-refractivity contribution >= 4 is 29.5 Å². The van der Waals surface area contributed by atoms with Gasteiger partial charge in [0, 0.05) is 41.3 Å². The topological polar surface area (TPSA) is 128 Å². The zero-order valence-electron chi connectivity index (χ0n) is 15.3. The lowest BCUT2D eigenvalue weighted by Crippen LogP contribution is -2.13. The van der Waals surface area contributed by atoms with Gasteiger partial charge in [-0.25, -0.2) is 9.37 Å². The van der Waals surface area contributed by atoms with Crippen molar-refractivity contribution in [1.29, 1.82) is 5.41 Å². The van der Waals surface area contributed by atoms with Gasteiger partial charge in [0.25, 0.3) is 0 Å². The van der Waals surface area contributed by atoms with E-state index in [1.54, 1.807) is 12.3 Å². The van der Waals surface area contributed by atoms with Gasteiger partial charge in [0.1, 0.15) is 11.6 Å². The first-order chi connectivity index (χ1) is 13.5. The first-order valence-electron chi connectivity index (χ1n) is 9.05. The second-order valence-corrected chi connectivity index (χ2v) is 6.88. The van der Waals surface area contributed by atoms with Crippen LogP contribution in [0, 0.1) is 11.2 Å². The van der Waals surface area contributed by atoms with E-state index in [9.17, 15) is 4.39 Å². The lowest BCUT2D eigenvalue weighted by atomic mass is 10.00. The molecular formula is C19H21FN8. The van der Waals surface area contributed by atoms with Crippen molar-refractivity contribution in [3.63, 3.8) is 0 Å². The molecule has 0 amide bonds. The monoisotopic (exact) mass is 380 g/mol. The molecule has 9 heteroatoms. The third-order valence-electron chi connectivity index (χ3n) is 4.69.